The summed E-state index contributed by atoms with van der Waals surface area (Å²) in [6.45, 7) is 1.33. The van der Waals surface area contributed by atoms with Crippen molar-refractivity contribution in [3.8, 4) is 0 Å². The Hall–Kier alpha value is -2.36. The van der Waals surface area contributed by atoms with Gasteiger partial charge < -0.3 is 10.6 Å². The predicted molar refractivity (Wildman–Crippen MR) is 87.9 cm³/mol. The number of rotatable bonds is 6. The van der Waals surface area contributed by atoms with Gasteiger partial charge in [0.1, 0.15) is 0 Å². The number of hydrogen-bond donors (Lipinski definition) is 2. The highest BCUT2D eigenvalue weighted by molar-refractivity contribution is 5.77. The fourth-order valence-corrected chi connectivity index (χ4v) is 3.03. The van der Waals surface area contributed by atoms with Crippen molar-refractivity contribution < 1.29 is 4.79 Å². The number of pyridine rings is 1. The molecule has 1 aliphatic carbocycles. The second-order valence-corrected chi connectivity index (χ2v) is 5.66. The van der Waals surface area contributed by atoms with E-state index in [1.54, 1.807) is 12.4 Å². The molecule has 2 N–H and O–H groups in total. The van der Waals surface area contributed by atoms with E-state index in [1.165, 1.54) is 11.1 Å². The fraction of sp³-hybridized carbons (Fsp3) is 0.333. The van der Waals surface area contributed by atoms with Crippen LogP contribution in [0, 0.1) is 0 Å². The highest BCUT2D eigenvalue weighted by Crippen LogP contribution is 2.34. The van der Waals surface area contributed by atoms with E-state index in [4.69, 9.17) is 0 Å². The Morgan fingerprint density at radius 3 is 2.95 bits per heavy atom. The van der Waals surface area contributed by atoms with Crippen molar-refractivity contribution in [2.75, 3.05) is 18.4 Å². The maximum Gasteiger partial charge on any atom is 0.220 e. The van der Waals surface area contributed by atoms with E-state index in [2.05, 4.69) is 39.9 Å². The number of benzene rings is 1. The van der Waals surface area contributed by atoms with E-state index in [-0.39, 0.29) is 5.91 Å². The van der Waals surface area contributed by atoms with E-state index in [0.29, 0.717) is 25.4 Å². The summed E-state index contributed by atoms with van der Waals surface area (Å²) >= 11 is 0. The molecule has 3 rings (SSSR count). The van der Waals surface area contributed by atoms with Crippen molar-refractivity contribution in [3.63, 3.8) is 0 Å². The van der Waals surface area contributed by atoms with E-state index in [9.17, 15) is 4.79 Å². The van der Waals surface area contributed by atoms with Crippen LogP contribution >= 0.6 is 0 Å². The summed E-state index contributed by atoms with van der Waals surface area (Å²) in [7, 11) is 0. The van der Waals surface area contributed by atoms with Gasteiger partial charge in [0, 0.05) is 31.9 Å². The van der Waals surface area contributed by atoms with E-state index < -0.39 is 0 Å². The van der Waals surface area contributed by atoms with Crippen molar-refractivity contribution in [2.24, 2.45) is 0 Å². The number of fused-ring (bicyclic) bond motifs is 1. The number of aryl methyl sites for hydroxylation is 1. The molecule has 0 saturated carbocycles. The number of aromatic nitrogens is 1. The Bertz CT molecular complexity index is 627. The second-order valence-electron chi connectivity index (χ2n) is 5.66. The van der Waals surface area contributed by atoms with Crippen LogP contribution in [0.4, 0.5) is 5.69 Å². The molecule has 4 nitrogen and oxygen atoms in total. The van der Waals surface area contributed by atoms with Gasteiger partial charge in [-0.1, -0.05) is 24.3 Å². The molecule has 0 saturated heterocycles. The summed E-state index contributed by atoms with van der Waals surface area (Å²) in [4.78, 5) is 16.1. The minimum atomic E-state index is 0.134. The molecule has 1 heterocycles. The summed E-state index contributed by atoms with van der Waals surface area (Å²) in [5.74, 6) is 0.511. The monoisotopic (exact) mass is 295 g/mol. The minimum absolute atomic E-state index is 0.134. The molecule has 1 aromatic carbocycles. The van der Waals surface area contributed by atoms with Crippen molar-refractivity contribution in [2.45, 2.75) is 25.2 Å². The lowest BCUT2D eigenvalue weighted by molar-refractivity contribution is -0.121. The van der Waals surface area contributed by atoms with Crippen molar-refractivity contribution in [3.05, 3.63) is 59.9 Å². The Labute approximate surface area is 131 Å². The van der Waals surface area contributed by atoms with Gasteiger partial charge in [-0.15, -0.1) is 0 Å². The summed E-state index contributed by atoms with van der Waals surface area (Å²) in [6.07, 6.45) is 6.28. The number of anilines is 1. The van der Waals surface area contributed by atoms with Crippen LogP contribution < -0.4 is 10.6 Å². The molecule has 22 heavy (non-hydrogen) atoms. The normalized spacial score (nSPS) is 16.1. The van der Waals surface area contributed by atoms with Crippen molar-refractivity contribution >= 4 is 11.6 Å². The maximum absolute atomic E-state index is 12.1. The SMILES string of the molecule is O=C(CC1CCc2ccccc21)NCCNc1cccnc1. The third-order valence-corrected chi connectivity index (χ3v) is 4.13. The molecule has 0 aliphatic heterocycles. The van der Waals surface area contributed by atoms with Crippen LogP contribution in [-0.2, 0) is 11.2 Å². The predicted octanol–water partition coefficient (Wildman–Crippen LogP) is 2.73. The van der Waals surface area contributed by atoms with E-state index >= 15 is 0 Å². The number of nitrogens with zero attached hydrogens (tertiary/aromatic N) is 1. The quantitative estimate of drug-likeness (QED) is 0.806. The highest BCUT2D eigenvalue weighted by Gasteiger charge is 2.23. The van der Waals surface area contributed by atoms with Gasteiger partial charge in [-0.3, -0.25) is 9.78 Å². The Morgan fingerprint density at radius 2 is 2.09 bits per heavy atom. The molecule has 1 atom stereocenters. The summed E-state index contributed by atoms with van der Waals surface area (Å²) in [6, 6.07) is 12.3. The molecular weight excluding hydrogens is 274 g/mol. The first kappa shape index (κ1) is 14.6. The largest absolute Gasteiger partial charge is 0.382 e. The van der Waals surface area contributed by atoms with Gasteiger partial charge in [0.25, 0.3) is 0 Å². The zero-order chi connectivity index (χ0) is 15.2. The number of nitrogens with one attached hydrogen (secondary N) is 2. The minimum Gasteiger partial charge on any atom is -0.382 e. The first-order valence-electron chi connectivity index (χ1n) is 7.81. The molecule has 4 heteroatoms. The van der Waals surface area contributed by atoms with Gasteiger partial charge in [0.2, 0.25) is 5.91 Å². The van der Waals surface area contributed by atoms with Crippen LogP contribution in [0.1, 0.15) is 29.9 Å². The summed E-state index contributed by atoms with van der Waals surface area (Å²) in [5.41, 5.74) is 3.73. The van der Waals surface area contributed by atoms with Gasteiger partial charge in [-0.05, 0) is 42.0 Å². The van der Waals surface area contributed by atoms with Gasteiger partial charge in [-0.2, -0.15) is 0 Å². The van der Waals surface area contributed by atoms with E-state index in [0.717, 1.165) is 18.5 Å². The van der Waals surface area contributed by atoms with E-state index in [1.807, 2.05) is 12.1 Å². The fourth-order valence-electron chi connectivity index (χ4n) is 3.03. The second kappa shape index (κ2) is 7.07. The molecular formula is C18H21N3O. The Morgan fingerprint density at radius 1 is 1.18 bits per heavy atom. The highest BCUT2D eigenvalue weighted by atomic mass is 16.1. The van der Waals surface area contributed by atoms with Crippen LogP contribution in [0.3, 0.4) is 0 Å². The lowest BCUT2D eigenvalue weighted by atomic mass is 9.97. The average molecular weight is 295 g/mol. The number of hydrogen-bond acceptors (Lipinski definition) is 3. The maximum atomic E-state index is 12.1. The zero-order valence-electron chi connectivity index (χ0n) is 12.6. The molecule has 2 aromatic rings. The molecule has 0 fully saturated rings. The smallest absolute Gasteiger partial charge is 0.220 e. The molecule has 0 bridgehead atoms. The third kappa shape index (κ3) is 3.64. The molecule has 1 unspecified atom stereocenters. The zero-order valence-corrected chi connectivity index (χ0v) is 12.6. The lowest BCUT2D eigenvalue weighted by Crippen LogP contribution is -2.29. The topological polar surface area (TPSA) is 54.0 Å². The van der Waals surface area contributed by atoms with Crippen LogP contribution in [-0.4, -0.2) is 24.0 Å². The molecule has 1 amide bonds. The number of carbonyl (C=O) groups is 1. The molecule has 1 aromatic heterocycles. The van der Waals surface area contributed by atoms with Gasteiger partial charge in [0.15, 0.2) is 0 Å². The van der Waals surface area contributed by atoms with Crippen LogP contribution in [0.2, 0.25) is 0 Å². The van der Waals surface area contributed by atoms with Gasteiger partial charge in [-0.25, -0.2) is 0 Å². The van der Waals surface area contributed by atoms with Crippen molar-refractivity contribution in [1.82, 2.24) is 10.3 Å². The van der Waals surface area contributed by atoms with Crippen molar-refractivity contribution in [1.29, 1.82) is 0 Å². The number of carbonyl (C=O) groups excluding carboxylic acids is 1. The Balaban J connectivity index is 1.40. The standard InChI is InChI=1S/C18H21N3O/c22-18(21-11-10-20-16-5-3-9-19-13-16)12-15-8-7-14-4-1-2-6-17(14)15/h1-6,9,13,15,20H,7-8,10-12H2,(H,21,22). The number of amides is 1. The summed E-state index contributed by atoms with van der Waals surface area (Å²) in [5, 5.41) is 6.22. The van der Waals surface area contributed by atoms with Crippen LogP contribution in [0.5, 0.6) is 0 Å². The molecule has 114 valence electrons. The molecule has 0 radical (unpaired) electrons. The lowest BCUT2D eigenvalue weighted by Gasteiger charge is -2.12. The molecule has 0 spiro atoms. The third-order valence-electron chi connectivity index (χ3n) is 4.13. The van der Waals surface area contributed by atoms with Crippen LogP contribution in [0.25, 0.3) is 0 Å². The van der Waals surface area contributed by atoms with Gasteiger partial charge >= 0.3 is 0 Å². The van der Waals surface area contributed by atoms with Crippen LogP contribution in [0.15, 0.2) is 48.8 Å². The summed E-state index contributed by atoms with van der Waals surface area (Å²) < 4.78 is 0. The Kier molecular flexibility index (Phi) is 4.68. The van der Waals surface area contributed by atoms with Gasteiger partial charge in [0.05, 0.1) is 5.69 Å². The average Bonchev–Trinajstić information content (AvgIpc) is 2.96. The first-order valence-corrected chi connectivity index (χ1v) is 7.81. The first-order chi connectivity index (χ1) is 10.8. The molecule has 1 aliphatic rings.